The number of hydrogen-bond acceptors (Lipinski definition) is 4. The van der Waals surface area contributed by atoms with E-state index in [1.807, 2.05) is 0 Å². The average Bonchev–Trinajstić information content (AvgIpc) is 1.21. The lowest BCUT2D eigenvalue weighted by atomic mass is 10.6. The van der Waals surface area contributed by atoms with Crippen LogP contribution in [-0.4, -0.2) is 17.1 Å². The van der Waals surface area contributed by atoms with Gasteiger partial charge in [-0.2, -0.15) is 0 Å². The molecule has 48 valence electrons. The van der Waals surface area contributed by atoms with Gasteiger partial charge in [0.1, 0.15) is 0 Å². The molecule has 0 saturated heterocycles. The molecule has 0 spiro atoms. The molecule has 0 fully saturated rings. The fraction of sp³-hybridized carbons (Fsp3) is 0.667. The first-order valence-electron chi connectivity index (χ1n) is 1.91. The highest BCUT2D eigenvalue weighted by Gasteiger charge is 2.15. The lowest BCUT2D eigenvalue weighted by Gasteiger charge is -2.14. The zero-order chi connectivity index (χ0) is 6.78. The molecule has 0 heterocycles. The fourth-order valence-electron chi connectivity index (χ4n) is 0.204. The van der Waals surface area contributed by atoms with Crippen molar-refractivity contribution in [3.8, 4) is 0 Å². The molecule has 0 aromatic heterocycles. The second-order valence-corrected chi connectivity index (χ2v) is 1.48. The number of primary amides is 1. The van der Waals surface area contributed by atoms with Crippen LogP contribution in [0.3, 0.4) is 0 Å². The Labute approximate surface area is 46.2 Å². The monoisotopic (exact) mass is 120 g/mol. The van der Waals surface area contributed by atoms with Gasteiger partial charge >= 0.3 is 6.09 Å². The second-order valence-electron chi connectivity index (χ2n) is 1.48. The highest BCUT2D eigenvalue weighted by molar-refractivity contribution is 5.64. The molecule has 1 unspecified atom stereocenters. The van der Waals surface area contributed by atoms with E-state index < -0.39 is 12.0 Å². The molecule has 0 bridgehead atoms. The van der Waals surface area contributed by atoms with Crippen molar-refractivity contribution in [2.45, 2.75) is 12.8 Å². The Hall–Kier alpha value is -0.810. The summed E-state index contributed by atoms with van der Waals surface area (Å²) >= 11 is 0. The van der Waals surface area contributed by atoms with Crippen LogP contribution in [0.1, 0.15) is 6.92 Å². The van der Waals surface area contributed by atoms with Crippen molar-refractivity contribution >= 4 is 6.09 Å². The zero-order valence-corrected chi connectivity index (χ0v) is 4.42. The van der Waals surface area contributed by atoms with Crippen LogP contribution in [0.15, 0.2) is 0 Å². The molecule has 0 aliphatic carbocycles. The molecule has 0 saturated carbocycles. The van der Waals surface area contributed by atoms with Gasteiger partial charge in [0.25, 0.3) is 5.91 Å². The minimum atomic E-state index is -1.95. The highest BCUT2D eigenvalue weighted by atomic mass is 16.7. The van der Waals surface area contributed by atoms with Gasteiger partial charge in [-0.1, -0.05) is 0 Å². The lowest BCUT2D eigenvalue weighted by molar-refractivity contribution is -0.139. The molecule has 0 aliphatic rings. The van der Waals surface area contributed by atoms with Crippen LogP contribution >= 0.6 is 0 Å². The van der Waals surface area contributed by atoms with E-state index in [1.165, 1.54) is 0 Å². The van der Waals surface area contributed by atoms with Crippen LogP contribution in [-0.2, 0) is 4.74 Å². The minimum Gasteiger partial charge on any atom is -0.404 e. The van der Waals surface area contributed by atoms with E-state index >= 15 is 0 Å². The summed E-state index contributed by atoms with van der Waals surface area (Å²) in [6, 6.07) is 0. The summed E-state index contributed by atoms with van der Waals surface area (Å²) in [6.45, 7) is 1.10. The Kier molecular flexibility index (Phi) is 1.77. The first-order chi connectivity index (χ1) is 3.42. The number of amides is 1. The van der Waals surface area contributed by atoms with E-state index in [0.29, 0.717) is 0 Å². The first-order valence-corrected chi connectivity index (χ1v) is 1.91. The van der Waals surface area contributed by atoms with Gasteiger partial charge in [-0.3, -0.25) is 5.73 Å². The van der Waals surface area contributed by atoms with Gasteiger partial charge in [0, 0.05) is 6.92 Å². The molecule has 5 heteroatoms. The highest BCUT2D eigenvalue weighted by Crippen LogP contribution is 1.92. The quantitative estimate of drug-likeness (QED) is 0.375. The number of rotatable bonds is 1. The summed E-state index contributed by atoms with van der Waals surface area (Å²) < 4.78 is 3.91. The van der Waals surface area contributed by atoms with Crippen LogP contribution < -0.4 is 11.5 Å². The standard InChI is InChI=1S/C3H8N2O3/c1-3(5,7)8-2(4)6/h7H,5H2,1H3,(H2,4,6). The molecular formula is C3H8N2O3. The first kappa shape index (κ1) is 7.19. The third-order valence-electron chi connectivity index (χ3n) is 0.307. The van der Waals surface area contributed by atoms with Crippen molar-refractivity contribution in [1.29, 1.82) is 0 Å². The van der Waals surface area contributed by atoms with Crippen molar-refractivity contribution < 1.29 is 14.6 Å². The van der Waals surface area contributed by atoms with E-state index in [2.05, 4.69) is 10.5 Å². The third-order valence-corrected chi connectivity index (χ3v) is 0.307. The summed E-state index contributed by atoms with van der Waals surface area (Å²) in [7, 11) is 0. The molecule has 0 aliphatic heterocycles. The van der Waals surface area contributed by atoms with Crippen molar-refractivity contribution in [3.05, 3.63) is 0 Å². The molecule has 8 heavy (non-hydrogen) atoms. The number of nitrogens with two attached hydrogens (primary N) is 2. The minimum absolute atomic E-state index is 1.10. The van der Waals surface area contributed by atoms with Crippen LogP contribution in [0.25, 0.3) is 0 Å². The van der Waals surface area contributed by atoms with Crippen molar-refractivity contribution in [3.63, 3.8) is 0 Å². The van der Waals surface area contributed by atoms with Gasteiger partial charge in [0.15, 0.2) is 0 Å². The van der Waals surface area contributed by atoms with Gasteiger partial charge in [-0.15, -0.1) is 0 Å². The molecule has 5 N–H and O–H groups in total. The summed E-state index contributed by atoms with van der Waals surface area (Å²) in [6.07, 6.45) is -1.10. The smallest absolute Gasteiger partial charge is 0.404 e. The Morgan fingerprint density at radius 3 is 2.25 bits per heavy atom. The Balaban J connectivity index is 3.55. The molecule has 0 rings (SSSR count). The average molecular weight is 120 g/mol. The topological polar surface area (TPSA) is 98.6 Å². The van der Waals surface area contributed by atoms with E-state index in [4.69, 9.17) is 10.8 Å². The second kappa shape index (κ2) is 1.97. The number of aliphatic hydroxyl groups is 1. The van der Waals surface area contributed by atoms with Gasteiger partial charge in [0.05, 0.1) is 0 Å². The van der Waals surface area contributed by atoms with E-state index in [-0.39, 0.29) is 0 Å². The Morgan fingerprint density at radius 2 is 2.25 bits per heavy atom. The van der Waals surface area contributed by atoms with Crippen molar-refractivity contribution in [2.24, 2.45) is 11.5 Å². The molecule has 1 atom stereocenters. The van der Waals surface area contributed by atoms with Gasteiger partial charge in [0.2, 0.25) is 0 Å². The van der Waals surface area contributed by atoms with Crippen molar-refractivity contribution in [1.82, 2.24) is 0 Å². The molecule has 1 amide bonds. The number of carbonyl (C=O) groups excluding carboxylic acids is 1. The maximum Gasteiger partial charge on any atom is 0.408 e. The molecule has 5 nitrogen and oxygen atoms in total. The number of hydrogen-bond donors (Lipinski definition) is 3. The van der Waals surface area contributed by atoms with Crippen LogP contribution in [0.4, 0.5) is 4.79 Å². The summed E-state index contributed by atoms with van der Waals surface area (Å²) in [4.78, 5) is 9.77. The van der Waals surface area contributed by atoms with E-state index in [0.717, 1.165) is 6.92 Å². The van der Waals surface area contributed by atoms with Crippen LogP contribution in [0.2, 0.25) is 0 Å². The fourth-order valence-corrected chi connectivity index (χ4v) is 0.204. The van der Waals surface area contributed by atoms with E-state index in [1.54, 1.807) is 0 Å². The van der Waals surface area contributed by atoms with Crippen molar-refractivity contribution in [2.75, 3.05) is 0 Å². The normalized spacial score (nSPS) is 16.9. The summed E-state index contributed by atoms with van der Waals surface area (Å²) in [5.41, 5.74) is 9.25. The SMILES string of the molecule is CC(N)(O)OC(N)=O. The lowest BCUT2D eigenvalue weighted by Crippen LogP contribution is -2.42. The summed E-state index contributed by atoms with van der Waals surface area (Å²) in [5.74, 6) is -1.95. The zero-order valence-electron chi connectivity index (χ0n) is 4.42. The molecule has 0 radical (unpaired) electrons. The predicted octanol–water partition coefficient (Wildman–Crippen LogP) is -1.29. The third kappa shape index (κ3) is 5.19. The van der Waals surface area contributed by atoms with Crippen LogP contribution in [0.5, 0.6) is 0 Å². The molecular weight excluding hydrogens is 112 g/mol. The predicted molar refractivity (Wildman–Crippen MR) is 25.5 cm³/mol. The van der Waals surface area contributed by atoms with Gasteiger partial charge in [-0.05, 0) is 0 Å². The largest absolute Gasteiger partial charge is 0.408 e. The molecule has 0 aromatic rings. The maximum absolute atomic E-state index is 9.77. The Bertz CT molecular complexity index is 95.2. The van der Waals surface area contributed by atoms with Gasteiger partial charge < -0.3 is 15.6 Å². The number of carbonyl (C=O) groups is 1. The maximum atomic E-state index is 9.77. The van der Waals surface area contributed by atoms with Gasteiger partial charge in [-0.25, -0.2) is 4.79 Å². The van der Waals surface area contributed by atoms with Crippen LogP contribution in [0, 0.1) is 0 Å². The summed E-state index contributed by atoms with van der Waals surface area (Å²) in [5, 5.41) is 8.44. The Morgan fingerprint density at radius 1 is 1.88 bits per heavy atom. The molecule has 0 aromatic carbocycles. The number of ether oxygens (including phenoxy) is 1. The van der Waals surface area contributed by atoms with E-state index in [9.17, 15) is 4.79 Å².